The lowest BCUT2D eigenvalue weighted by atomic mass is 10.0. The number of carboxylic acid groups (broad SMARTS) is 1. The van der Waals surface area contributed by atoms with Gasteiger partial charge in [-0.3, -0.25) is 4.79 Å². The number of H-pyrrole nitrogens is 1. The molecule has 1 aliphatic rings. The molecule has 0 saturated heterocycles. The van der Waals surface area contributed by atoms with E-state index < -0.39 is 23.2 Å². The highest BCUT2D eigenvalue weighted by atomic mass is 16.7. The molecule has 4 N–H and O–H groups in total. The number of fused-ring (bicyclic) bond motifs is 4. The van der Waals surface area contributed by atoms with Crippen LogP contribution in [0.3, 0.4) is 0 Å². The van der Waals surface area contributed by atoms with Gasteiger partial charge in [-0.2, -0.15) is 0 Å². The van der Waals surface area contributed by atoms with Gasteiger partial charge in [0.2, 0.25) is 5.75 Å². The molecule has 0 atom stereocenters. The Bertz CT molecular complexity index is 1600. The number of hydrogen-bond donors (Lipinski definition) is 4. The minimum Gasteiger partial charge on any atom is -0.504 e. The molecular weight excluding hydrogens is 494 g/mol. The Morgan fingerprint density at radius 3 is 2.71 bits per heavy atom. The highest BCUT2D eigenvalue weighted by molar-refractivity contribution is 5.90. The number of aromatic amines is 1. The molecule has 0 unspecified atom stereocenters. The fraction of sp³-hybridized carbons (Fsp3) is 0.259. The molecule has 0 fully saturated rings. The summed E-state index contributed by atoms with van der Waals surface area (Å²) in [4.78, 5) is 26.2. The number of methoxy groups -OCH3 is 2. The van der Waals surface area contributed by atoms with Crippen molar-refractivity contribution in [2.75, 3.05) is 20.8 Å². The van der Waals surface area contributed by atoms with Crippen LogP contribution in [0, 0.1) is 0 Å². The minimum atomic E-state index is -1.69. The van der Waals surface area contributed by atoms with Gasteiger partial charge in [0, 0.05) is 66.5 Å². The first-order valence-electron chi connectivity index (χ1n) is 11.9. The second kappa shape index (κ2) is 10.0. The molecule has 0 spiro atoms. The van der Waals surface area contributed by atoms with Gasteiger partial charge in [0.05, 0.1) is 32.0 Å². The Morgan fingerprint density at radius 2 is 1.97 bits per heavy atom. The third kappa shape index (κ3) is 4.48. The third-order valence-electron chi connectivity index (χ3n) is 6.67. The number of aromatic nitrogens is 2. The smallest absolute Gasteiger partial charge is 0.504 e. The molecule has 4 aromatic rings. The molecule has 11 nitrogen and oxygen atoms in total. The van der Waals surface area contributed by atoms with Crippen LogP contribution in [-0.4, -0.2) is 46.7 Å². The number of aryl methyl sites for hydroxylation is 1. The zero-order valence-electron chi connectivity index (χ0n) is 21.1. The number of aromatic hydroxyl groups is 1. The van der Waals surface area contributed by atoms with Gasteiger partial charge in [-0.15, -0.1) is 0 Å². The van der Waals surface area contributed by atoms with Gasteiger partial charge < -0.3 is 44.0 Å². The standard InChI is InChI=1S/C27H27N3O8/c1-30-16(13-28-12-14-4-5-17(35-2)10-21(14)36-3)8-15-9-19-22(11-20(15)30)37-7-6-18-23(19)29-26(32)25(24(18)31)38-27(33)34/h4-5,8-11,28H,6-7,12-13H2,1-3H3,(H,33,34)(H2,29,31,32). The number of nitrogens with one attached hydrogen (secondary N) is 2. The summed E-state index contributed by atoms with van der Waals surface area (Å²) in [6, 6.07) is 11.5. The summed E-state index contributed by atoms with van der Waals surface area (Å²) in [7, 11) is 5.20. The first kappa shape index (κ1) is 25.0. The second-order valence-corrected chi connectivity index (χ2v) is 8.84. The van der Waals surface area contributed by atoms with Gasteiger partial charge >= 0.3 is 6.16 Å². The average molecular weight is 522 g/mol. The monoisotopic (exact) mass is 521 g/mol. The average Bonchev–Trinajstić information content (AvgIpc) is 3.09. The molecule has 3 heterocycles. The molecular formula is C27H27N3O8. The second-order valence-electron chi connectivity index (χ2n) is 8.84. The van der Waals surface area contributed by atoms with E-state index in [1.54, 1.807) is 14.2 Å². The maximum atomic E-state index is 12.5. The highest BCUT2D eigenvalue weighted by Crippen LogP contribution is 2.41. The van der Waals surface area contributed by atoms with Crippen molar-refractivity contribution >= 4 is 17.1 Å². The number of benzene rings is 2. The van der Waals surface area contributed by atoms with Crippen molar-refractivity contribution in [3.8, 4) is 40.0 Å². The number of nitrogens with zero attached hydrogens (tertiary/aromatic N) is 1. The Balaban J connectivity index is 1.46. The van der Waals surface area contributed by atoms with Crippen molar-refractivity contribution < 1.29 is 34.0 Å². The van der Waals surface area contributed by atoms with E-state index in [1.807, 2.05) is 43.4 Å². The molecule has 198 valence electrons. The lowest BCUT2D eigenvalue weighted by Gasteiger charge is -2.12. The van der Waals surface area contributed by atoms with Crippen molar-refractivity contribution in [2.45, 2.75) is 19.5 Å². The molecule has 1 aliphatic heterocycles. The number of rotatable bonds is 7. The maximum absolute atomic E-state index is 12.5. The quantitative estimate of drug-likeness (QED) is 0.268. The summed E-state index contributed by atoms with van der Waals surface area (Å²) in [5.41, 5.74) is 3.42. The molecule has 0 saturated carbocycles. The molecule has 38 heavy (non-hydrogen) atoms. The molecule has 0 radical (unpaired) electrons. The van der Waals surface area contributed by atoms with E-state index in [2.05, 4.69) is 19.6 Å². The van der Waals surface area contributed by atoms with Crippen molar-refractivity contribution in [2.24, 2.45) is 7.05 Å². The van der Waals surface area contributed by atoms with Gasteiger partial charge in [0.1, 0.15) is 17.2 Å². The lowest BCUT2D eigenvalue weighted by molar-refractivity contribution is 0.142. The first-order chi connectivity index (χ1) is 18.3. The third-order valence-corrected chi connectivity index (χ3v) is 6.67. The SMILES string of the molecule is COc1ccc(CNCc2cc3cc4c(cc3n2C)OCCc2c-4[nH]c(=O)c(OC(=O)O)c2O)c(OC)c1. The van der Waals surface area contributed by atoms with Crippen LogP contribution < -0.4 is 29.8 Å². The maximum Gasteiger partial charge on any atom is 0.511 e. The summed E-state index contributed by atoms with van der Waals surface area (Å²) in [6.07, 6.45) is -1.43. The van der Waals surface area contributed by atoms with Crippen molar-refractivity contribution in [1.29, 1.82) is 0 Å². The Kier molecular flexibility index (Phi) is 6.60. The topological polar surface area (TPSA) is 144 Å². The molecule has 0 amide bonds. The molecule has 0 aliphatic carbocycles. The van der Waals surface area contributed by atoms with Crippen LogP contribution in [0.15, 0.2) is 41.2 Å². The van der Waals surface area contributed by atoms with Crippen LogP contribution in [0.5, 0.6) is 28.7 Å². The van der Waals surface area contributed by atoms with Gasteiger partial charge in [0.15, 0.2) is 5.75 Å². The van der Waals surface area contributed by atoms with Gasteiger partial charge in [-0.05, 0) is 18.2 Å². The predicted octanol–water partition coefficient (Wildman–Crippen LogP) is 3.54. The fourth-order valence-electron chi connectivity index (χ4n) is 4.76. The van der Waals surface area contributed by atoms with Gasteiger partial charge in [0.25, 0.3) is 5.56 Å². The first-order valence-corrected chi connectivity index (χ1v) is 11.9. The van der Waals surface area contributed by atoms with Crippen LogP contribution in [0.2, 0.25) is 0 Å². The fourth-order valence-corrected chi connectivity index (χ4v) is 4.76. The van der Waals surface area contributed by atoms with E-state index >= 15 is 0 Å². The number of carbonyl (C=O) groups is 1. The summed E-state index contributed by atoms with van der Waals surface area (Å²) in [5, 5.41) is 23.9. The van der Waals surface area contributed by atoms with E-state index in [-0.39, 0.29) is 13.0 Å². The van der Waals surface area contributed by atoms with Crippen molar-refractivity contribution in [1.82, 2.24) is 14.9 Å². The van der Waals surface area contributed by atoms with E-state index in [9.17, 15) is 14.7 Å². The molecule has 2 aromatic heterocycles. The number of ether oxygens (including phenoxy) is 4. The largest absolute Gasteiger partial charge is 0.511 e. The normalized spacial score (nSPS) is 12.3. The van der Waals surface area contributed by atoms with Crippen molar-refractivity contribution in [3.63, 3.8) is 0 Å². The van der Waals surface area contributed by atoms with Gasteiger partial charge in [-0.1, -0.05) is 6.07 Å². The van der Waals surface area contributed by atoms with Crippen LogP contribution in [-0.2, 0) is 26.6 Å². The van der Waals surface area contributed by atoms with E-state index in [0.29, 0.717) is 35.7 Å². The molecule has 11 heteroatoms. The number of pyridine rings is 1. The minimum absolute atomic E-state index is 0.222. The van der Waals surface area contributed by atoms with E-state index in [1.165, 1.54) is 0 Å². The van der Waals surface area contributed by atoms with Crippen LogP contribution >= 0.6 is 0 Å². The van der Waals surface area contributed by atoms with Crippen LogP contribution in [0.25, 0.3) is 22.2 Å². The Labute approximate surface area is 217 Å². The summed E-state index contributed by atoms with van der Waals surface area (Å²) < 4.78 is 23.3. The lowest BCUT2D eigenvalue weighted by Crippen LogP contribution is -2.17. The van der Waals surface area contributed by atoms with Gasteiger partial charge in [-0.25, -0.2) is 4.79 Å². The highest BCUT2D eigenvalue weighted by Gasteiger charge is 2.26. The summed E-state index contributed by atoms with van der Waals surface area (Å²) in [5.74, 6) is 0.851. The summed E-state index contributed by atoms with van der Waals surface area (Å²) >= 11 is 0. The van der Waals surface area contributed by atoms with Crippen LogP contribution in [0.4, 0.5) is 4.79 Å². The zero-order valence-corrected chi connectivity index (χ0v) is 21.1. The molecule has 5 rings (SSSR count). The molecule has 2 aromatic carbocycles. The van der Waals surface area contributed by atoms with Crippen molar-refractivity contribution in [3.05, 3.63) is 63.6 Å². The zero-order chi connectivity index (χ0) is 27.0. The van der Waals surface area contributed by atoms with E-state index in [0.717, 1.165) is 33.7 Å². The Hall–Kier alpha value is -4.64. The predicted molar refractivity (Wildman–Crippen MR) is 139 cm³/mol. The Morgan fingerprint density at radius 1 is 1.16 bits per heavy atom. The summed E-state index contributed by atoms with van der Waals surface area (Å²) in [6.45, 7) is 1.39. The van der Waals surface area contributed by atoms with E-state index in [4.69, 9.17) is 19.3 Å². The van der Waals surface area contributed by atoms with Crippen LogP contribution in [0.1, 0.15) is 16.8 Å². The molecule has 0 bridgehead atoms. The number of hydrogen-bond acceptors (Lipinski definition) is 8.